The van der Waals surface area contributed by atoms with E-state index in [4.69, 9.17) is 10.5 Å². The minimum absolute atomic E-state index is 0.0408. The molecule has 1 aromatic rings. The molecular formula is C13H21NO2. The van der Waals surface area contributed by atoms with Gasteiger partial charge in [0.1, 0.15) is 11.4 Å². The van der Waals surface area contributed by atoms with Crippen molar-refractivity contribution in [1.29, 1.82) is 0 Å². The lowest BCUT2D eigenvalue weighted by Crippen LogP contribution is -2.40. The molecule has 0 aliphatic carbocycles. The third-order valence-corrected chi connectivity index (χ3v) is 2.92. The average Bonchev–Trinajstić information content (AvgIpc) is 2.29. The molecule has 0 bridgehead atoms. The summed E-state index contributed by atoms with van der Waals surface area (Å²) in [6.07, 6.45) is 0. The molecule has 0 aliphatic heterocycles. The van der Waals surface area contributed by atoms with Crippen LogP contribution in [0.25, 0.3) is 0 Å². The standard InChI is InChI=1S/C13H21NO2/c1-4-16-12-8-6-5-7-11(12)13(15,9-14)10(2)3/h5-8,10,15H,4,9,14H2,1-3H3. The highest BCUT2D eigenvalue weighted by molar-refractivity contribution is 5.38. The number of rotatable bonds is 5. The van der Waals surface area contributed by atoms with E-state index in [1.807, 2.05) is 45.0 Å². The van der Waals surface area contributed by atoms with Gasteiger partial charge in [0.25, 0.3) is 0 Å². The minimum atomic E-state index is -1.02. The van der Waals surface area contributed by atoms with E-state index in [9.17, 15) is 5.11 Å². The van der Waals surface area contributed by atoms with Gasteiger partial charge in [0.15, 0.2) is 0 Å². The summed E-state index contributed by atoms with van der Waals surface area (Å²) in [5.41, 5.74) is 5.45. The Balaban J connectivity index is 3.18. The Morgan fingerprint density at radius 3 is 2.50 bits per heavy atom. The molecule has 0 fully saturated rings. The molecule has 0 amide bonds. The second-order valence-corrected chi connectivity index (χ2v) is 4.21. The third-order valence-electron chi connectivity index (χ3n) is 2.92. The molecule has 0 radical (unpaired) electrons. The van der Waals surface area contributed by atoms with E-state index < -0.39 is 5.60 Å². The van der Waals surface area contributed by atoms with Crippen LogP contribution in [0.15, 0.2) is 24.3 Å². The van der Waals surface area contributed by atoms with Crippen molar-refractivity contribution in [3.05, 3.63) is 29.8 Å². The molecule has 1 unspecified atom stereocenters. The topological polar surface area (TPSA) is 55.5 Å². The summed E-state index contributed by atoms with van der Waals surface area (Å²) in [6, 6.07) is 7.52. The summed E-state index contributed by atoms with van der Waals surface area (Å²) in [4.78, 5) is 0. The van der Waals surface area contributed by atoms with E-state index in [1.165, 1.54) is 0 Å². The molecule has 0 aromatic heterocycles. The molecule has 90 valence electrons. The molecule has 0 heterocycles. The number of benzene rings is 1. The summed E-state index contributed by atoms with van der Waals surface area (Å²) >= 11 is 0. The normalized spacial score (nSPS) is 14.9. The van der Waals surface area contributed by atoms with Crippen LogP contribution in [0, 0.1) is 5.92 Å². The second-order valence-electron chi connectivity index (χ2n) is 4.21. The summed E-state index contributed by atoms with van der Waals surface area (Å²) in [5, 5.41) is 10.6. The maximum atomic E-state index is 10.6. The second kappa shape index (κ2) is 5.32. The highest BCUT2D eigenvalue weighted by Crippen LogP contribution is 2.34. The Labute approximate surface area is 97.2 Å². The van der Waals surface area contributed by atoms with Crippen LogP contribution in [0.4, 0.5) is 0 Å². The first kappa shape index (κ1) is 13.0. The summed E-state index contributed by atoms with van der Waals surface area (Å²) < 4.78 is 5.52. The quantitative estimate of drug-likeness (QED) is 0.801. The Morgan fingerprint density at radius 2 is 2.00 bits per heavy atom. The van der Waals surface area contributed by atoms with E-state index in [-0.39, 0.29) is 12.5 Å². The van der Waals surface area contributed by atoms with E-state index in [0.717, 1.165) is 5.56 Å². The van der Waals surface area contributed by atoms with E-state index >= 15 is 0 Å². The summed E-state index contributed by atoms with van der Waals surface area (Å²) in [6.45, 7) is 6.60. The lowest BCUT2D eigenvalue weighted by Gasteiger charge is -2.32. The molecule has 3 nitrogen and oxygen atoms in total. The average molecular weight is 223 g/mol. The first-order chi connectivity index (χ1) is 7.56. The molecule has 1 rings (SSSR count). The Hall–Kier alpha value is -1.06. The van der Waals surface area contributed by atoms with Crippen LogP contribution in [-0.2, 0) is 5.60 Å². The Morgan fingerprint density at radius 1 is 1.38 bits per heavy atom. The zero-order valence-electron chi connectivity index (χ0n) is 10.2. The molecular weight excluding hydrogens is 202 g/mol. The molecule has 0 spiro atoms. The fraction of sp³-hybridized carbons (Fsp3) is 0.538. The van der Waals surface area contributed by atoms with E-state index in [2.05, 4.69) is 0 Å². The molecule has 1 atom stereocenters. The van der Waals surface area contributed by atoms with Gasteiger partial charge >= 0.3 is 0 Å². The van der Waals surface area contributed by atoms with Gasteiger partial charge in [0, 0.05) is 12.1 Å². The SMILES string of the molecule is CCOc1ccccc1C(O)(CN)C(C)C. The van der Waals surface area contributed by atoms with Gasteiger partial charge in [-0.15, -0.1) is 0 Å². The van der Waals surface area contributed by atoms with E-state index in [1.54, 1.807) is 0 Å². The number of hydrogen-bond acceptors (Lipinski definition) is 3. The van der Waals surface area contributed by atoms with Crippen molar-refractivity contribution in [2.75, 3.05) is 13.2 Å². The van der Waals surface area contributed by atoms with Crippen LogP contribution in [0.5, 0.6) is 5.75 Å². The number of aliphatic hydroxyl groups is 1. The van der Waals surface area contributed by atoms with Gasteiger partial charge in [-0.2, -0.15) is 0 Å². The lowest BCUT2D eigenvalue weighted by atomic mass is 9.83. The Bertz CT molecular complexity index is 338. The lowest BCUT2D eigenvalue weighted by molar-refractivity contribution is -0.00350. The monoisotopic (exact) mass is 223 g/mol. The van der Waals surface area contributed by atoms with Crippen LogP contribution in [-0.4, -0.2) is 18.3 Å². The minimum Gasteiger partial charge on any atom is -0.493 e. The zero-order chi connectivity index (χ0) is 12.2. The number of nitrogens with two attached hydrogens (primary N) is 1. The van der Waals surface area contributed by atoms with Gasteiger partial charge in [-0.25, -0.2) is 0 Å². The van der Waals surface area contributed by atoms with Crippen molar-refractivity contribution in [3.8, 4) is 5.75 Å². The highest BCUT2D eigenvalue weighted by atomic mass is 16.5. The molecule has 3 heteroatoms. The van der Waals surface area contributed by atoms with Crippen molar-refractivity contribution < 1.29 is 9.84 Å². The third kappa shape index (κ3) is 2.36. The van der Waals surface area contributed by atoms with Crippen LogP contribution >= 0.6 is 0 Å². The summed E-state index contributed by atoms with van der Waals surface area (Å²) in [5.74, 6) is 0.755. The van der Waals surface area contributed by atoms with E-state index in [0.29, 0.717) is 12.4 Å². The molecule has 1 aromatic carbocycles. The smallest absolute Gasteiger partial charge is 0.125 e. The van der Waals surface area contributed by atoms with Gasteiger partial charge in [0.05, 0.1) is 6.61 Å². The Kier molecular flexibility index (Phi) is 4.33. The maximum Gasteiger partial charge on any atom is 0.125 e. The largest absolute Gasteiger partial charge is 0.493 e. The van der Waals surface area contributed by atoms with Crippen molar-refractivity contribution in [1.82, 2.24) is 0 Å². The molecule has 0 aliphatic rings. The number of para-hydroxylation sites is 1. The van der Waals surface area contributed by atoms with Crippen molar-refractivity contribution >= 4 is 0 Å². The summed E-state index contributed by atoms with van der Waals surface area (Å²) in [7, 11) is 0. The van der Waals surface area contributed by atoms with Gasteiger partial charge in [-0.3, -0.25) is 0 Å². The molecule has 16 heavy (non-hydrogen) atoms. The van der Waals surface area contributed by atoms with Crippen LogP contribution in [0.2, 0.25) is 0 Å². The van der Waals surface area contributed by atoms with Crippen LogP contribution in [0.1, 0.15) is 26.3 Å². The fourth-order valence-corrected chi connectivity index (χ4v) is 1.76. The highest BCUT2D eigenvalue weighted by Gasteiger charge is 2.34. The van der Waals surface area contributed by atoms with Crippen molar-refractivity contribution in [3.63, 3.8) is 0 Å². The predicted octanol–water partition coefficient (Wildman–Crippen LogP) is 1.89. The first-order valence-corrected chi connectivity index (χ1v) is 5.71. The van der Waals surface area contributed by atoms with Crippen molar-refractivity contribution in [2.45, 2.75) is 26.4 Å². The number of ether oxygens (including phenoxy) is 1. The number of hydrogen-bond donors (Lipinski definition) is 2. The predicted molar refractivity (Wildman–Crippen MR) is 65.4 cm³/mol. The molecule has 0 saturated carbocycles. The van der Waals surface area contributed by atoms with Gasteiger partial charge < -0.3 is 15.6 Å². The van der Waals surface area contributed by atoms with Crippen LogP contribution < -0.4 is 10.5 Å². The van der Waals surface area contributed by atoms with Crippen LogP contribution in [0.3, 0.4) is 0 Å². The van der Waals surface area contributed by atoms with Gasteiger partial charge in [-0.1, -0.05) is 32.0 Å². The van der Waals surface area contributed by atoms with Gasteiger partial charge in [-0.05, 0) is 18.9 Å². The molecule has 0 saturated heterocycles. The van der Waals surface area contributed by atoms with Gasteiger partial charge in [0.2, 0.25) is 0 Å². The fourth-order valence-electron chi connectivity index (χ4n) is 1.76. The maximum absolute atomic E-state index is 10.6. The first-order valence-electron chi connectivity index (χ1n) is 5.71. The van der Waals surface area contributed by atoms with Crippen molar-refractivity contribution in [2.24, 2.45) is 11.7 Å². The molecule has 3 N–H and O–H groups in total. The zero-order valence-corrected chi connectivity index (χ0v) is 10.2.